The number of hydrogen-bond donors (Lipinski definition) is 1. The van der Waals surface area contributed by atoms with Crippen LogP contribution < -0.4 is 0 Å². The molecule has 3 aromatic rings. The molecule has 2 atom stereocenters. The van der Waals surface area contributed by atoms with Crippen LogP contribution in [0.15, 0.2) is 39.9 Å². The van der Waals surface area contributed by atoms with Crippen LogP contribution >= 0.6 is 0 Å². The summed E-state index contributed by atoms with van der Waals surface area (Å²) in [6.45, 7) is 3.65. The van der Waals surface area contributed by atoms with Crippen LogP contribution in [-0.4, -0.2) is 35.5 Å². The van der Waals surface area contributed by atoms with E-state index in [9.17, 15) is 13.5 Å². The molecule has 1 aliphatic carbocycles. The highest BCUT2D eigenvalue weighted by atomic mass is 32.2. The number of pyridine rings is 1. The number of aromatic nitrogens is 2. The topological polar surface area (TPSA) is 93.3 Å². The number of aliphatic hydroxyl groups excluding tert-OH is 1. The highest BCUT2D eigenvalue weighted by molar-refractivity contribution is 7.91. The fraction of sp³-hybridized carbons (Fsp3) is 0.400. The highest BCUT2D eigenvalue weighted by Gasteiger charge is 2.30. The Morgan fingerprint density at radius 3 is 2.74 bits per heavy atom. The number of rotatable bonds is 4. The van der Waals surface area contributed by atoms with Crippen molar-refractivity contribution in [1.82, 2.24) is 10.1 Å². The zero-order valence-corrected chi connectivity index (χ0v) is 16.2. The zero-order valence-electron chi connectivity index (χ0n) is 15.3. The number of sulfone groups is 1. The monoisotopic (exact) mass is 386 g/mol. The van der Waals surface area contributed by atoms with Crippen LogP contribution in [0.3, 0.4) is 0 Å². The van der Waals surface area contributed by atoms with Crippen LogP contribution in [-0.2, 0) is 9.84 Å². The molecule has 0 aliphatic heterocycles. The van der Waals surface area contributed by atoms with E-state index in [0.29, 0.717) is 35.2 Å². The first-order chi connectivity index (χ1) is 12.8. The lowest BCUT2D eigenvalue weighted by Crippen LogP contribution is -2.15. The van der Waals surface area contributed by atoms with E-state index >= 15 is 0 Å². The van der Waals surface area contributed by atoms with E-state index in [2.05, 4.69) is 10.1 Å². The second-order valence-corrected chi connectivity index (χ2v) is 9.36. The molecular formula is C20H22N2O4S. The van der Waals surface area contributed by atoms with E-state index in [-0.39, 0.29) is 16.6 Å². The molecule has 1 aromatic carbocycles. The predicted octanol–water partition coefficient (Wildman–Crippen LogP) is 3.44. The SMILES string of the molecule is Cc1noc(C)c1-c1cc(S(=O)(=O)C[C@H]2CC[C@@H](O)C2)c2cccnc2c1. The van der Waals surface area contributed by atoms with Gasteiger partial charge >= 0.3 is 0 Å². The first kappa shape index (κ1) is 18.1. The maximum absolute atomic E-state index is 13.3. The van der Waals surface area contributed by atoms with Crippen molar-refractivity contribution >= 4 is 20.7 Å². The summed E-state index contributed by atoms with van der Waals surface area (Å²) in [7, 11) is -3.54. The molecule has 4 rings (SSSR count). The predicted molar refractivity (Wildman–Crippen MR) is 102 cm³/mol. The molecule has 0 amide bonds. The first-order valence-corrected chi connectivity index (χ1v) is 10.7. The van der Waals surface area contributed by atoms with Crippen molar-refractivity contribution in [3.05, 3.63) is 41.9 Å². The van der Waals surface area contributed by atoms with E-state index in [1.54, 1.807) is 24.4 Å². The van der Waals surface area contributed by atoms with Crippen LogP contribution in [0.25, 0.3) is 22.0 Å². The third-order valence-electron chi connectivity index (χ3n) is 5.31. The lowest BCUT2D eigenvalue weighted by atomic mass is 10.0. The molecule has 0 spiro atoms. The van der Waals surface area contributed by atoms with Gasteiger partial charge in [0.25, 0.3) is 0 Å². The summed E-state index contributed by atoms with van der Waals surface area (Å²) in [5, 5.41) is 14.3. The lowest BCUT2D eigenvalue weighted by molar-refractivity contribution is 0.179. The molecule has 7 heteroatoms. The Balaban J connectivity index is 1.86. The minimum absolute atomic E-state index is 0.0144. The van der Waals surface area contributed by atoms with Gasteiger partial charge in [0.05, 0.1) is 28.0 Å². The standard InChI is InChI=1S/C20H22N2O4S/c1-12-20(13(2)26-22-12)15-9-18-17(4-3-7-21-18)19(10-15)27(24,25)11-14-5-6-16(23)8-14/h3-4,7,9-10,14,16,23H,5-6,8,11H2,1-2H3/t14-,16+/m0/s1. The van der Waals surface area contributed by atoms with E-state index in [1.807, 2.05) is 19.9 Å². The van der Waals surface area contributed by atoms with Crippen LogP contribution in [0.1, 0.15) is 30.7 Å². The van der Waals surface area contributed by atoms with Crippen LogP contribution in [0, 0.1) is 19.8 Å². The number of aliphatic hydroxyl groups is 1. The van der Waals surface area contributed by atoms with E-state index in [1.165, 1.54) is 0 Å². The molecule has 1 fully saturated rings. The van der Waals surface area contributed by atoms with Gasteiger partial charge in [-0.2, -0.15) is 0 Å². The Hall–Kier alpha value is -2.25. The normalized spacial score (nSPS) is 20.4. The Morgan fingerprint density at radius 2 is 2.07 bits per heavy atom. The molecule has 2 heterocycles. The molecule has 0 unspecified atom stereocenters. The molecular weight excluding hydrogens is 364 g/mol. The average Bonchev–Trinajstić information content (AvgIpc) is 3.18. The minimum Gasteiger partial charge on any atom is -0.393 e. The second kappa shape index (κ2) is 6.73. The van der Waals surface area contributed by atoms with E-state index in [4.69, 9.17) is 4.52 Å². The average molecular weight is 386 g/mol. The molecule has 1 saturated carbocycles. The molecule has 0 radical (unpaired) electrons. The smallest absolute Gasteiger partial charge is 0.179 e. The largest absolute Gasteiger partial charge is 0.393 e. The van der Waals surface area contributed by atoms with Gasteiger partial charge in [0, 0.05) is 17.1 Å². The molecule has 1 N–H and O–H groups in total. The van der Waals surface area contributed by atoms with Gasteiger partial charge < -0.3 is 9.63 Å². The maximum atomic E-state index is 13.3. The van der Waals surface area contributed by atoms with Gasteiger partial charge in [0.2, 0.25) is 0 Å². The summed E-state index contributed by atoms with van der Waals surface area (Å²) in [5.41, 5.74) is 2.88. The van der Waals surface area contributed by atoms with Gasteiger partial charge in [-0.25, -0.2) is 8.42 Å². The van der Waals surface area contributed by atoms with Crippen molar-refractivity contribution < 1.29 is 18.0 Å². The van der Waals surface area contributed by atoms with E-state index < -0.39 is 15.9 Å². The van der Waals surface area contributed by atoms with Gasteiger partial charge in [-0.3, -0.25) is 4.98 Å². The van der Waals surface area contributed by atoms with Crippen molar-refractivity contribution in [3.8, 4) is 11.1 Å². The number of fused-ring (bicyclic) bond motifs is 1. The Morgan fingerprint density at radius 1 is 1.26 bits per heavy atom. The molecule has 2 aromatic heterocycles. The molecule has 6 nitrogen and oxygen atoms in total. The molecule has 0 bridgehead atoms. The first-order valence-electron chi connectivity index (χ1n) is 9.08. The minimum atomic E-state index is -3.54. The lowest BCUT2D eigenvalue weighted by Gasteiger charge is -2.14. The molecule has 1 aliphatic rings. The quantitative estimate of drug-likeness (QED) is 0.738. The fourth-order valence-electron chi connectivity index (χ4n) is 4.05. The third-order valence-corrected chi connectivity index (χ3v) is 7.23. The van der Waals surface area contributed by atoms with E-state index in [0.717, 1.165) is 17.5 Å². The maximum Gasteiger partial charge on any atom is 0.179 e. The fourth-order valence-corrected chi connectivity index (χ4v) is 5.96. The summed E-state index contributed by atoms with van der Waals surface area (Å²) >= 11 is 0. The Bertz CT molecular complexity index is 1080. The number of aryl methyl sites for hydroxylation is 2. The summed E-state index contributed by atoms with van der Waals surface area (Å²) in [4.78, 5) is 4.66. The zero-order chi connectivity index (χ0) is 19.2. The van der Waals surface area contributed by atoms with Gasteiger partial charge in [-0.05, 0) is 68.9 Å². The Labute approximate surface area is 158 Å². The molecule has 0 saturated heterocycles. The van der Waals surface area contributed by atoms with Gasteiger partial charge in [-0.1, -0.05) is 5.16 Å². The van der Waals surface area contributed by atoms with Crippen molar-refractivity contribution in [2.75, 3.05) is 5.75 Å². The van der Waals surface area contributed by atoms with Crippen LogP contribution in [0.4, 0.5) is 0 Å². The highest BCUT2D eigenvalue weighted by Crippen LogP contribution is 2.35. The van der Waals surface area contributed by atoms with Crippen molar-refractivity contribution in [2.45, 2.75) is 44.1 Å². The number of hydrogen-bond acceptors (Lipinski definition) is 6. The van der Waals surface area contributed by atoms with Crippen molar-refractivity contribution in [3.63, 3.8) is 0 Å². The van der Waals surface area contributed by atoms with Gasteiger partial charge in [0.1, 0.15) is 5.76 Å². The Kier molecular flexibility index (Phi) is 4.52. The van der Waals surface area contributed by atoms with Crippen LogP contribution in [0.2, 0.25) is 0 Å². The van der Waals surface area contributed by atoms with Crippen LogP contribution in [0.5, 0.6) is 0 Å². The summed E-state index contributed by atoms with van der Waals surface area (Å²) in [6, 6.07) is 7.11. The van der Waals surface area contributed by atoms with Crippen molar-refractivity contribution in [1.29, 1.82) is 0 Å². The third kappa shape index (κ3) is 3.37. The van der Waals surface area contributed by atoms with Gasteiger partial charge in [0.15, 0.2) is 9.84 Å². The van der Waals surface area contributed by atoms with Crippen molar-refractivity contribution in [2.24, 2.45) is 5.92 Å². The summed E-state index contributed by atoms with van der Waals surface area (Å²) < 4.78 is 31.8. The second-order valence-electron chi connectivity index (χ2n) is 7.36. The van der Waals surface area contributed by atoms with Gasteiger partial charge in [-0.15, -0.1) is 0 Å². The molecule has 27 heavy (non-hydrogen) atoms. The summed E-state index contributed by atoms with van der Waals surface area (Å²) in [6.07, 6.45) is 3.21. The number of nitrogens with zero attached hydrogens (tertiary/aromatic N) is 2. The summed E-state index contributed by atoms with van der Waals surface area (Å²) in [5.74, 6) is 0.670. The number of benzene rings is 1. The molecule has 142 valence electrons.